The molecule has 0 unspecified atom stereocenters. The largest absolute Gasteiger partial charge is 0.399 e. The topological polar surface area (TPSA) is 72.3 Å². The van der Waals surface area contributed by atoms with Gasteiger partial charge in [0.25, 0.3) is 0 Å². The van der Waals surface area contributed by atoms with E-state index in [-0.39, 0.29) is 6.61 Å². The molecule has 0 amide bonds. The van der Waals surface area contributed by atoms with Crippen LogP contribution in [0.15, 0.2) is 30.3 Å². The Balaban J connectivity index is 2.56. The van der Waals surface area contributed by atoms with Crippen molar-refractivity contribution in [2.24, 2.45) is 0 Å². The number of anilines is 2. The van der Waals surface area contributed by atoms with Crippen molar-refractivity contribution in [3.63, 3.8) is 0 Å². The van der Waals surface area contributed by atoms with Crippen molar-refractivity contribution in [3.8, 4) is 11.1 Å². The number of aliphatic hydroxyl groups is 1. The highest BCUT2D eigenvalue weighted by molar-refractivity contribution is 5.78. The van der Waals surface area contributed by atoms with E-state index < -0.39 is 5.82 Å². The number of nitrogen functional groups attached to an aromatic ring is 2. The van der Waals surface area contributed by atoms with Gasteiger partial charge in [0.05, 0.1) is 6.61 Å². The first kappa shape index (κ1) is 11.4. The van der Waals surface area contributed by atoms with Crippen molar-refractivity contribution < 1.29 is 9.50 Å². The van der Waals surface area contributed by atoms with Crippen LogP contribution < -0.4 is 11.5 Å². The Hall–Kier alpha value is -2.07. The molecule has 0 aliphatic carbocycles. The number of hydrogen-bond donors (Lipinski definition) is 3. The van der Waals surface area contributed by atoms with Crippen LogP contribution in [-0.4, -0.2) is 5.11 Å². The van der Waals surface area contributed by atoms with Gasteiger partial charge in [0, 0.05) is 22.5 Å². The van der Waals surface area contributed by atoms with E-state index in [1.54, 1.807) is 12.1 Å². The fourth-order valence-corrected chi connectivity index (χ4v) is 1.62. The maximum Gasteiger partial charge on any atom is 0.131 e. The van der Waals surface area contributed by atoms with Crippen LogP contribution in [-0.2, 0) is 6.61 Å². The molecule has 0 bridgehead atoms. The standard InChI is InChI=1S/C13H12FN2O/c14-12-4-2-9(15)6-11(12)10-3-1-8(7-17)5-13(10)16/h1-2,4-6,17H,7,15-16H2. The fourth-order valence-electron chi connectivity index (χ4n) is 1.62. The SMILES string of the molecule is Nc1ccc(F)c(-c2[c]cc(CO)cc2N)c1. The molecule has 0 aliphatic rings. The van der Waals surface area contributed by atoms with Crippen LogP contribution >= 0.6 is 0 Å². The van der Waals surface area contributed by atoms with E-state index in [2.05, 4.69) is 6.07 Å². The molecular formula is C13H12FN2O. The van der Waals surface area contributed by atoms with Crippen LogP contribution in [0.1, 0.15) is 5.56 Å². The van der Waals surface area contributed by atoms with Crippen LogP contribution in [0, 0.1) is 11.9 Å². The average molecular weight is 231 g/mol. The molecular weight excluding hydrogens is 219 g/mol. The normalized spacial score (nSPS) is 10.5. The van der Waals surface area contributed by atoms with Gasteiger partial charge in [-0.25, -0.2) is 4.39 Å². The molecule has 2 aromatic rings. The van der Waals surface area contributed by atoms with Gasteiger partial charge >= 0.3 is 0 Å². The second kappa shape index (κ2) is 4.43. The minimum Gasteiger partial charge on any atom is -0.399 e. The molecule has 0 heterocycles. The van der Waals surface area contributed by atoms with Gasteiger partial charge in [-0.2, -0.15) is 0 Å². The molecule has 0 aromatic heterocycles. The highest BCUT2D eigenvalue weighted by Gasteiger charge is 2.09. The first-order valence-electron chi connectivity index (χ1n) is 5.08. The van der Waals surface area contributed by atoms with Gasteiger partial charge in [-0.05, 0) is 42.0 Å². The number of hydrogen-bond acceptors (Lipinski definition) is 3. The van der Waals surface area contributed by atoms with Gasteiger partial charge in [-0.1, -0.05) is 0 Å². The number of benzene rings is 2. The minimum absolute atomic E-state index is 0.125. The summed E-state index contributed by atoms with van der Waals surface area (Å²) in [5.41, 5.74) is 13.6. The molecule has 0 atom stereocenters. The second-order valence-corrected chi connectivity index (χ2v) is 3.74. The van der Waals surface area contributed by atoms with Crippen LogP contribution in [0.4, 0.5) is 15.8 Å². The van der Waals surface area contributed by atoms with Crippen LogP contribution in [0.2, 0.25) is 0 Å². The Labute approximate surface area is 98.5 Å². The summed E-state index contributed by atoms with van der Waals surface area (Å²) in [6, 6.07) is 10.3. The van der Waals surface area contributed by atoms with Gasteiger partial charge in [0.1, 0.15) is 5.82 Å². The number of nitrogens with two attached hydrogens (primary N) is 2. The Bertz CT molecular complexity index is 555. The maximum atomic E-state index is 13.6. The number of aliphatic hydroxyl groups excluding tert-OH is 1. The Morgan fingerprint density at radius 3 is 2.65 bits per heavy atom. The third-order valence-corrected chi connectivity index (χ3v) is 2.47. The average Bonchev–Trinajstić information content (AvgIpc) is 2.32. The molecule has 0 spiro atoms. The number of halogens is 1. The third-order valence-electron chi connectivity index (χ3n) is 2.47. The summed E-state index contributed by atoms with van der Waals surface area (Å²) >= 11 is 0. The van der Waals surface area contributed by atoms with Gasteiger partial charge < -0.3 is 16.6 Å². The summed E-state index contributed by atoms with van der Waals surface area (Å²) in [6.45, 7) is -0.125. The summed E-state index contributed by atoms with van der Waals surface area (Å²) in [7, 11) is 0. The second-order valence-electron chi connectivity index (χ2n) is 3.74. The maximum absolute atomic E-state index is 13.6. The zero-order chi connectivity index (χ0) is 12.4. The molecule has 0 aliphatic heterocycles. The molecule has 87 valence electrons. The van der Waals surface area contributed by atoms with Gasteiger partial charge in [0.2, 0.25) is 0 Å². The molecule has 5 N–H and O–H groups in total. The van der Waals surface area contributed by atoms with Crippen molar-refractivity contribution in [2.75, 3.05) is 11.5 Å². The zero-order valence-electron chi connectivity index (χ0n) is 9.07. The highest BCUT2D eigenvalue weighted by Crippen LogP contribution is 2.30. The van der Waals surface area contributed by atoms with Crippen molar-refractivity contribution in [1.82, 2.24) is 0 Å². The predicted octanol–water partition coefficient (Wildman–Crippen LogP) is 1.95. The summed E-state index contributed by atoms with van der Waals surface area (Å²) < 4.78 is 13.6. The number of rotatable bonds is 2. The molecule has 2 rings (SSSR count). The molecule has 1 radical (unpaired) electrons. The zero-order valence-corrected chi connectivity index (χ0v) is 9.07. The molecule has 0 saturated heterocycles. The molecule has 0 fully saturated rings. The van der Waals surface area contributed by atoms with Crippen molar-refractivity contribution >= 4 is 11.4 Å². The minimum atomic E-state index is -0.404. The lowest BCUT2D eigenvalue weighted by Crippen LogP contribution is -1.96. The van der Waals surface area contributed by atoms with Gasteiger partial charge in [-0.3, -0.25) is 0 Å². The fraction of sp³-hybridized carbons (Fsp3) is 0.0769. The monoisotopic (exact) mass is 231 g/mol. The van der Waals surface area contributed by atoms with E-state index in [0.717, 1.165) is 0 Å². The molecule has 4 heteroatoms. The lowest BCUT2D eigenvalue weighted by molar-refractivity contribution is 0.282. The summed E-state index contributed by atoms with van der Waals surface area (Å²) in [6.07, 6.45) is 0. The van der Waals surface area contributed by atoms with Crippen LogP contribution in [0.5, 0.6) is 0 Å². The first-order valence-corrected chi connectivity index (χ1v) is 5.08. The lowest BCUT2D eigenvalue weighted by Gasteiger charge is -2.09. The molecule has 2 aromatic carbocycles. The summed E-state index contributed by atoms with van der Waals surface area (Å²) in [4.78, 5) is 0. The highest BCUT2D eigenvalue weighted by atomic mass is 19.1. The predicted molar refractivity (Wildman–Crippen MR) is 65.4 cm³/mol. The third kappa shape index (κ3) is 2.21. The quantitative estimate of drug-likeness (QED) is 0.692. The Morgan fingerprint density at radius 2 is 2.00 bits per heavy atom. The van der Waals surface area contributed by atoms with Crippen molar-refractivity contribution in [2.45, 2.75) is 6.61 Å². The van der Waals surface area contributed by atoms with Gasteiger partial charge in [0.15, 0.2) is 0 Å². The summed E-state index contributed by atoms with van der Waals surface area (Å²) in [5.74, 6) is -0.404. The smallest absolute Gasteiger partial charge is 0.131 e. The lowest BCUT2D eigenvalue weighted by atomic mass is 10.0. The van der Waals surface area contributed by atoms with E-state index >= 15 is 0 Å². The first-order chi connectivity index (χ1) is 8.11. The molecule has 17 heavy (non-hydrogen) atoms. The van der Waals surface area contributed by atoms with Crippen molar-refractivity contribution in [3.05, 3.63) is 47.8 Å². The Kier molecular flexibility index (Phi) is 2.97. The molecule has 0 saturated carbocycles. The van der Waals surface area contributed by atoms with Crippen LogP contribution in [0.25, 0.3) is 11.1 Å². The Morgan fingerprint density at radius 1 is 1.24 bits per heavy atom. The van der Waals surface area contributed by atoms with E-state index in [1.807, 2.05) is 0 Å². The van der Waals surface area contributed by atoms with E-state index in [1.165, 1.54) is 18.2 Å². The molecule has 3 nitrogen and oxygen atoms in total. The van der Waals surface area contributed by atoms with Crippen molar-refractivity contribution in [1.29, 1.82) is 0 Å². The summed E-state index contributed by atoms with van der Waals surface area (Å²) in [5, 5.41) is 8.95. The van der Waals surface area contributed by atoms with Crippen LogP contribution in [0.3, 0.4) is 0 Å². The van der Waals surface area contributed by atoms with E-state index in [4.69, 9.17) is 16.6 Å². The van der Waals surface area contributed by atoms with E-state index in [9.17, 15) is 4.39 Å². The van der Waals surface area contributed by atoms with E-state index in [0.29, 0.717) is 28.1 Å². The van der Waals surface area contributed by atoms with Gasteiger partial charge in [-0.15, -0.1) is 0 Å².